The van der Waals surface area contributed by atoms with Crippen LogP contribution in [0.5, 0.6) is 0 Å². The van der Waals surface area contributed by atoms with Gasteiger partial charge in [0.2, 0.25) is 11.8 Å². The van der Waals surface area contributed by atoms with Gasteiger partial charge in [-0.2, -0.15) is 0 Å². The Balaban J connectivity index is 1.77. The lowest BCUT2D eigenvalue weighted by Crippen LogP contribution is -2.57. The SMILES string of the molecule is CC1NC(=O)CN(CCc2cccc3cccnc23)C1=O. The van der Waals surface area contributed by atoms with E-state index in [9.17, 15) is 9.59 Å². The molecule has 0 radical (unpaired) electrons. The average molecular weight is 283 g/mol. The first-order valence-corrected chi connectivity index (χ1v) is 7.06. The summed E-state index contributed by atoms with van der Waals surface area (Å²) in [5, 5.41) is 3.73. The first kappa shape index (κ1) is 13.5. The number of carbonyl (C=O) groups is 2. The van der Waals surface area contributed by atoms with Crippen molar-refractivity contribution in [1.29, 1.82) is 0 Å². The van der Waals surface area contributed by atoms with Crippen molar-refractivity contribution in [3.63, 3.8) is 0 Å². The Bertz CT molecular complexity index is 693. The van der Waals surface area contributed by atoms with Crippen molar-refractivity contribution in [3.8, 4) is 0 Å². The lowest BCUT2D eigenvalue weighted by atomic mass is 10.1. The van der Waals surface area contributed by atoms with Gasteiger partial charge in [0.05, 0.1) is 12.1 Å². The van der Waals surface area contributed by atoms with Crippen LogP contribution >= 0.6 is 0 Å². The molecule has 1 aromatic heterocycles. The zero-order chi connectivity index (χ0) is 14.8. The number of amides is 2. The molecule has 3 rings (SSSR count). The Labute approximate surface area is 123 Å². The molecule has 1 unspecified atom stereocenters. The van der Waals surface area contributed by atoms with Gasteiger partial charge in [0.1, 0.15) is 6.04 Å². The average Bonchev–Trinajstić information content (AvgIpc) is 2.49. The molecule has 5 nitrogen and oxygen atoms in total. The van der Waals surface area contributed by atoms with Crippen molar-refractivity contribution in [2.45, 2.75) is 19.4 Å². The number of hydrogen-bond donors (Lipinski definition) is 1. The van der Waals surface area contributed by atoms with E-state index >= 15 is 0 Å². The van der Waals surface area contributed by atoms with Crippen LogP contribution in [0.4, 0.5) is 0 Å². The molecule has 2 amide bonds. The van der Waals surface area contributed by atoms with Crippen LogP contribution in [0.3, 0.4) is 0 Å². The highest BCUT2D eigenvalue weighted by atomic mass is 16.2. The summed E-state index contributed by atoms with van der Waals surface area (Å²) >= 11 is 0. The number of para-hydroxylation sites is 1. The summed E-state index contributed by atoms with van der Waals surface area (Å²) in [6.45, 7) is 2.39. The zero-order valence-corrected chi connectivity index (χ0v) is 11.9. The van der Waals surface area contributed by atoms with Crippen LogP contribution in [0.1, 0.15) is 12.5 Å². The Morgan fingerprint density at radius 1 is 1.29 bits per heavy atom. The lowest BCUT2D eigenvalue weighted by molar-refractivity contribution is -0.143. The van der Waals surface area contributed by atoms with E-state index in [1.807, 2.05) is 30.3 Å². The van der Waals surface area contributed by atoms with Crippen LogP contribution in [0.2, 0.25) is 0 Å². The number of aromatic nitrogens is 1. The van der Waals surface area contributed by atoms with Crippen molar-refractivity contribution in [1.82, 2.24) is 15.2 Å². The first-order chi connectivity index (χ1) is 10.1. The number of pyridine rings is 1. The molecule has 1 aliphatic heterocycles. The molecule has 21 heavy (non-hydrogen) atoms. The first-order valence-electron chi connectivity index (χ1n) is 7.06. The third-order valence-electron chi connectivity index (χ3n) is 3.76. The van der Waals surface area contributed by atoms with Crippen molar-refractivity contribution in [2.75, 3.05) is 13.1 Å². The van der Waals surface area contributed by atoms with Gasteiger partial charge in [-0.25, -0.2) is 0 Å². The summed E-state index contributed by atoms with van der Waals surface area (Å²) in [4.78, 5) is 29.6. The van der Waals surface area contributed by atoms with Crippen LogP contribution < -0.4 is 5.32 Å². The van der Waals surface area contributed by atoms with Gasteiger partial charge in [-0.1, -0.05) is 24.3 Å². The fraction of sp³-hybridized carbons (Fsp3) is 0.312. The van der Waals surface area contributed by atoms with Crippen LogP contribution in [0, 0.1) is 0 Å². The monoisotopic (exact) mass is 283 g/mol. The second kappa shape index (κ2) is 5.52. The normalized spacial score (nSPS) is 18.9. The molecule has 2 aromatic rings. The van der Waals surface area contributed by atoms with Gasteiger partial charge < -0.3 is 10.2 Å². The van der Waals surface area contributed by atoms with Crippen molar-refractivity contribution in [3.05, 3.63) is 42.1 Å². The Morgan fingerprint density at radius 3 is 2.95 bits per heavy atom. The lowest BCUT2D eigenvalue weighted by Gasteiger charge is -2.30. The van der Waals surface area contributed by atoms with Gasteiger partial charge in [0.25, 0.3) is 0 Å². The summed E-state index contributed by atoms with van der Waals surface area (Å²) in [5.41, 5.74) is 2.06. The molecule has 0 spiro atoms. The molecule has 1 atom stereocenters. The van der Waals surface area contributed by atoms with Crippen molar-refractivity contribution in [2.24, 2.45) is 0 Å². The molecule has 0 aliphatic carbocycles. The van der Waals surface area contributed by atoms with Gasteiger partial charge in [-0.3, -0.25) is 14.6 Å². The van der Waals surface area contributed by atoms with E-state index in [2.05, 4.69) is 10.3 Å². The Hall–Kier alpha value is -2.43. The van der Waals surface area contributed by atoms with Gasteiger partial charge in [0, 0.05) is 18.1 Å². The highest BCUT2D eigenvalue weighted by Gasteiger charge is 2.28. The van der Waals surface area contributed by atoms with E-state index in [0.717, 1.165) is 16.5 Å². The second-order valence-corrected chi connectivity index (χ2v) is 5.29. The molecule has 2 heterocycles. The highest BCUT2D eigenvalue weighted by Crippen LogP contribution is 2.17. The molecular formula is C16H17N3O2. The molecule has 0 bridgehead atoms. The fourth-order valence-electron chi connectivity index (χ4n) is 2.69. The maximum atomic E-state index is 12.1. The smallest absolute Gasteiger partial charge is 0.245 e. The number of nitrogens with one attached hydrogen (secondary N) is 1. The fourth-order valence-corrected chi connectivity index (χ4v) is 2.69. The summed E-state index contributed by atoms with van der Waals surface area (Å²) in [5.74, 6) is -0.124. The number of nitrogens with zero attached hydrogens (tertiary/aromatic N) is 2. The molecular weight excluding hydrogens is 266 g/mol. The highest BCUT2D eigenvalue weighted by molar-refractivity contribution is 5.94. The maximum Gasteiger partial charge on any atom is 0.245 e. The largest absolute Gasteiger partial charge is 0.343 e. The van der Waals surface area contributed by atoms with E-state index in [1.165, 1.54) is 0 Å². The number of rotatable bonds is 3. The molecule has 5 heteroatoms. The molecule has 1 saturated heterocycles. The summed E-state index contributed by atoms with van der Waals surface area (Å²) < 4.78 is 0. The van der Waals surface area contributed by atoms with Crippen LogP contribution in [-0.4, -0.2) is 40.8 Å². The van der Waals surface area contributed by atoms with Crippen molar-refractivity contribution >= 4 is 22.7 Å². The Morgan fingerprint density at radius 2 is 2.10 bits per heavy atom. The second-order valence-electron chi connectivity index (χ2n) is 5.29. The summed E-state index contributed by atoms with van der Waals surface area (Å²) in [7, 11) is 0. The third kappa shape index (κ3) is 2.72. The zero-order valence-electron chi connectivity index (χ0n) is 11.9. The minimum Gasteiger partial charge on any atom is -0.343 e. The molecule has 0 saturated carbocycles. The van der Waals surface area contributed by atoms with Crippen molar-refractivity contribution < 1.29 is 9.59 Å². The number of benzene rings is 1. The van der Waals surface area contributed by atoms with E-state index in [-0.39, 0.29) is 18.4 Å². The predicted octanol–water partition coefficient (Wildman–Crippen LogP) is 1.12. The van der Waals surface area contributed by atoms with Gasteiger partial charge in [-0.05, 0) is 25.0 Å². The minimum atomic E-state index is -0.433. The number of fused-ring (bicyclic) bond motifs is 1. The van der Waals surface area contributed by atoms with Crippen LogP contribution in [0.25, 0.3) is 10.9 Å². The molecule has 1 N–H and O–H groups in total. The van der Waals surface area contributed by atoms with E-state index < -0.39 is 6.04 Å². The number of carbonyl (C=O) groups excluding carboxylic acids is 2. The Kier molecular flexibility index (Phi) is 3.56. The standard InChI is InChI=1S/C16H17N3O2/c1-11-16(21)19(10-14(20)18-11)9-7-13-5-2-4-12-6-3-8-17-15(12)13/h2-6,8,11H,7,9-10H2,1H3,(H,18,20). The molecule has 1 aliphatic rings. The number of piperazine rings is 1. The van der Waals surface area contributed by atoms with Crippen LogP contribution in [-0.2, 0) is 16.0 Å². The van der Waals surface area contributed by atoms with E-state index in [1.54, 1.807) is 18.0 Å². The topological polar surface area (TPSA) is 62.3 Å². The predicted molar refractivity (Wildman–Crippen MR) is 79.6 cm³/mol. The van der Waals surface area contributed by atoms with Gasteiger partial charge in [0.15, 0.2) is 0 Å². The molecule has 108 valence electrons. The van der Waals surface area contributed by atoms with Gasteiger partial charge in [-0.15, -0.1) is 0 Å². The molecule has 1 fully saturated rings. The quantitative estimate of drug-likeness (QED) is 0.918. The minimum absolute atomic E-state index is 0.0252. The van der Waals surface area contributed by atoms with Gasteiger partial charge >= 0.3 is 0 Å². The van der Waals surface area contributed by atoms with E-state index in [0.29, 0.717) is 13.0 Å². The van der Waals surface area contributed by atoms with E-state index in [4.69, 9.17) is 0 Å². The summed E-state index contributed by atoms with van der Waals surface area (Å²) in [6, 6.07) is 9.53. The third-order valence-corrected chi connectivity index (χ3v) is 3.76. The maximum absolute atomic E-state index is 12.1. The summed E-state index contributed by atoms with van der Waals surface area (Å²) in [6.07, 6.45) is 2.47. The number of hydrogen-bond acceptors (Lipinski definition) is 3. The van der Waals surface area contributed by atoms with Crippen LogP contribution in [0.15, 0.2) is 36.5 Å². The molecule has 1 aromatic carbocycles.